The molecule has 2 heterocycles. The Hall–Kier alpha value is -0.0800. The molecule has 2 heteroatoms. The molecule has 3 fully saturated rings. The van der Waals surface area contributed by atoms with E-state index in [-0.39, 0.29) is 6.10 Å². The lowest BCUT2D eigenvalue weighted by molar-refractivity contribution is -0.0178. The van der Waals surface area contributed by atoms with E-state index in [4.69, 9.17) is 0 Å². The lowest BCUT2D eigenvalue weighted by atomic mass is 9.80. The first-order valence-corrected chi connectivity index (χ1v) is 7.75. The van der Waals surface area contributed by atoms with Gasteiger partial charge in [-0.2, -0.15) is 0 Å². The molecule has 2 nitrogen and oxygen atoms in total. The number of hydrogen-bond donors (Lipinski definition) is 1. The van der Waals surface area contributed by atoms with E-state index in [2.05, 4.69) is 11.8 Å². The van der Waals surface area contributed by atoms with Crippen LogP contribution in [0.15, 0.2) is 0 Å². The van der Waals surface area contributed by atoms with E-state index in [1.165, 1.54) is 44.9 Å². The number of hydrogen-bond acceptors (Lipinski definition) is 2. The Morgan fingerprint density at radius 3 is 2.29 bits per heavy atom. The smallest absolute Gasteiger partial charge is 0.0570 e. The van der Waals surface area contributed by atoms with Gasteiger partial charge in [0.05, 0.1) is 6.10 Å². The molecule has 0 aromatic carbocycles. The van der Waals surface area contributed by atoms with Gasteiger partial charge in [0, 0.05) is 18.1 Å². The van der Waals surface area contributed by atoms with Gasteiger partial charge in [0.2, 0.25) is 0 Å². The Labute approximate surface area is 105 Å². The van der Waals surface area contributed by atoms with Crippen LogP contribution in [0.4, 0.5) is 0 Å². The Bertz CT molecular complexity index is 254. The number of aliphatic hydroxyl groups is 1. The predicted octanol–water partition coefficient (Wildman–Crippen LogP) is 2.94. The minimum Gasteiger partial charge on any atom is -0.393 e. The molecule has 2 saturated heterocycles. The first-order chi connectivity index (χ1) is 8.29. The van der Waals surface area contributed by atoms with Crippen LogP contribution in [-0.4, -0.2) is 34.2 Å². The van der Waals surface area contributed by atoms with Crippen LogP contribution in [0, 0.1) is 5.92 Å². The summed E-state index contributed by atoms with van der Waals surface area (Å²) in [6, 6.07) is 2.26. The quantitative estimate of drug-likeness (QED) is 0.798. The molecular formula is C15H27NO. The molecule has 0 radical (unpaired) electrons. The van der Waals surface area contributed by atoms with Crippen molar-refractivity contribution >= 4 is 0 Å². The van der Waals surface area contributed by atoms with Gasteiger partial charge in [0.15, 0.2) is 0 Å². The second-order valence-corrected chi connectivity index (χ2v) is 6.48. The molecule has 2 bridgehead atoms. The van der Waals surface area contributed by atoms with Crippen molar-refractivity contribution < 1.29 is 5.11 Å². The van der Waals surface area contributed by atoms with E-state index in [0.29, 0.717) is 12.1 Å². The maximum atomic E-state index is 9.90. The summed E-state index contributed by atoms with van der Waals surface area (Å²) in [5, 5.41) is 9.90. The standard InChI is InChI=1S/C15H27NO/c1-2-11-5-3-4-6-15(11)16-12-7-8-13(16)10-14(17)9-12/h11-15,17H,2-10H2,1H3. The predicted molar refractivity (Wildman–Crippen MR) is 69.9 cm³/mol. The Morgan fingerprint density at radius 1 is 1.00 bits per heavy atom. The van der Waals surface area contributed by atoms with E-state index in [1.807, 2.05) is 0 Å². The largest absolute Gasteiger partial charge is 0.393 e. The molecule has 4 atom stereocenters. The average Bonchev–Trinajstić information content (AvgIpc) is 2.61. The Morgan fingerprint density at radius 2 is 1.65 bits per heavy atom. The average molecular weight is 237 g/mol. The third-order valence-corrected chi connectivity index (χ3v) is 5.54. The molecule has 1 aliphatic carbocycles. The van der Waals surface area contributed by atoms with Crippen molar-refractivity contribution in [2.24, 2.45) is 5.92 Å². The number of nitrogens with zero attached hydrogens (tertiary/aromatic N) is 1. The summed E-state index contributed by atoms with van der Waals surface area (Å²) in [5.41, 5.74) is 0. The van der Waals surface area contributed by atoms with E-state index >= 15 is 0 Å². The first kappa shape index (κ1) is 12.0. The SMILES string of the molecule is CCC1CCCCC1N1C2CCC1CC(O)C2. The van der Waals surface area contributed by atoms with Crippen LogP contribution in [0.25, 0.3) is 0 Å². The molecule has 4 unspecified atom stereocenters. The third kappa shape index (κ3) is 2.15. The van der Waals surface area contributed by atoms with Gasteiger partial charge >= 0.3 is 0 Å². The minimum atomic E-state index is -0.00702. The Balaban J connectivity index is 1.74. The molecule has 0 aromatic rings. The molecule has 0 spiro atoms. The molecule has 3 aliphatic rings. The fraction of sp³-hybridized carbons (Fsp3) is 1.00. The van der Waals surface area contributed by atoms with E-state index in [9.17, 15) is 5.11 Å². The highest BCUT2D eigenvalue weighted by Gasteiger charge is 2.45. The van der Waals surface area contributed by atoms with Crippen LogP contribution in [0.2, 0.25) is 0 Å². The number of aliphatic hydroxyl groups excluding tert-OH is 1. The summed E-state index contributed by atoms with van der Waals surface area (Å²) in [5.74, 6) is 0.932. The maximum absolute atomic E-state index is 9.90. The molecule has 98 valence electrons. The molecular weight excluding hydrogens is 210 g/mol. The van der Waals surface area contributed by atoms with Gasteiger partial charge in [-0.05, 0) is 44.4 Å². The molecule has 1 saturated carbocycles. The number of rotatable bonds is 2. The van der Waals surface area contributed by atoms with Gasteiger partial charge in [-0.15, -0.1) is 0 Å². The van der Waals surface area contributed by atoms with Crippen molar-refractivity contribution in [1.82, 2.24) is 4.90 Å². The second-order valence-electron chi connectivity index (χ2n) is 6.48. The van der Waals surface area contributed by atoms with E-state index in [0.717, 1.165) is 24.8 Å². The van der Waals surface area contributed by atoms with Crippen molar-refractivity contribution in [1.29, 1.82) is 0 Å². The van der Waals surface area contributed by atoms with Crippen LogP contribution in [-0.2, 0) is 0 Å². The van der Waals surface area contributed by atoms with Crippen LogP contribution in [0.5, 0.6) is 0 Å². The highest BCUT2D eigenvalue weighted by Crippen LogP contribution is 2.42. The summed E-state index contributed by atoms with van der Waals surface area (Å²) in [4.78, 5) is 2.85. The lowest BCUT2D eigenvalue weighted by Gasteiger charge is -2.47. The zero-order chi connectivity index (χ0) is 11.8. The van der Waals surface area contributed by atoms with E-state index < -0.39 is 0 Å². The van der Waals surface area contributed by atoms with Crippen molar-refractivity contribution in [3.63, 3.8) is 0 Å². The monoisotopic (exact) mass is 237 g/mol. The molecule has 0 aromatic heterocycles. The zero-order valence-corrected chi connectivity index (χ0v) is 11.1. The number of piperidine rings is 1. The van der Waals surface area contributed by atoms with Crippen molar-refractivity contribution in [3.05, 3.63) is 0 Å². The highest BCUT2D eigenvalue weighted by atomic mass is 16.3. The van der Waals surface area contributed by atoms with Gasteiger partial charge in [0.1, 0.15) is 0 Å². The van der Waals surface area contributed by atoms with Gasteiger partial charge in [-0.25, -0.2) is 0 Å². The van der Waals surface area contributed by atoms with Crippen molar-refractivity contribution in [3.8, 4) is 0 Å². The third-order valence-electron chi connectivity index (χ3n) is 5.54. The Kier molecular flexibility index (Phi) is 3.45. The minimum absolute atomic E-state index is 0.00702. The van der Waals surface area contributed by atoms with Crippen LogP contribution < -0.4 is 0 Å². The fourth-order valence-electron chi connectivity index (χ4n) is 4.78. The molecule has 2 aliphatic heterocycles. The molecule has 1 N–H and O–H groups in total. The summed E-state index contributed by atoms with van der Waals surface area (Å²) in [7, 11) is 0. The van der Waals surface area contributed by atoms with Crippen LogP contribution in [0.1, 0.15) is 64.7 Å². The zero-order valence-electron chi connectivity index (χ0n) is 11.1. The lowest BCUT2D eigenvalue weighted by Crippen LogP contribution is -2.53. The van der Waals surface area contributed by atoms with Crippen LogP contribution >= 0.6 is 0 Å². The number of fused-ring (bicyclic) bond motifs is 2. The second kappa shape index (κ2) is 4.89. The first-order valence-electron chi connectivity index (χ1n) is 7.75. The summed E-state index contributed by atoms with van der Waals surface area (Å²) in [6.45, 7) is 2.36. The van der Waals surface area contributed by atoms with E-state index in [1.54, 1.807) is 0 Å². The highest BCUT2D eigenvalue weighted by molar-refractivity contribution is 5.00. The van der Waals surface area contributed by atoms with Crippen molar-refractivity contribution in [2.75, 3.05) is 0 Å². The topological polar surface area (TPSA) is 23.5 Å². The van der Waals surface area contributed by atoms with Gasteiger partial charge < -0.3 is 5.11 Å². The molecule has 0 amide bonds. The van der Waals surface area contributed by atoms with Crippen molar-refractivity contribution in [2.45, 2.75) is 88.9 Å². The fourth-order valence-corrected chi connectivity index (χ4v) is 4.78. The van der Waals surface area contributed by atoms with Crippen LogP contribution in [0.3, 0.4) is 0 Å². The van der Waals surface area contributed by atoms with Gasteiger partial charge in [-0.1, -0.05) is 26.2 Å². The van der Waals surface area contributed by atoms with Gasteiger partial charge in [0.25, 0.3) is 0 Å². The van der Waals surface area contributed by atoms with Gasteiger partial charge in [-0.3, -0.25) is 4.90 Å². The normalized spacial score (nSPS) is 47.3. The summed E-state index contributed by atoms with van der Waals surface area (Å²) in [6.07, 6.45) is 11.9. The molecule has 3 rings (SSSR count). The molecule has 17 heavy (non-hydrogen) atoms. The maximum Gasteiger partial charge on any atom is 0.0570 e. The summed E-state index contributed by atoms with van der Waals surface area (Å²) >= 11 is 0. The summed E-state index contributed by atoms with van der Waals surface area (Å²) < 4.78 is 0.